The first kappa shape index (κ1) is 14.0. The Labute approximate surface area is 138 Å². The Morgan fingerprint density at radius 3 is 2.83 bits per heavy atom. The molecule has 0 fully saturated rings. The Kier molecular flexibility index (Phi) is 3.39. The molecule has 0 saturated heterocycles. The summed E-state index contributed by atoms with van der Waals surface area (Å²) in [5.74, 6) is 0.908. The third kappa shape index (κ3) is 2.62. The van der Waals surface area contributed by atoms with Crippen LogP contribution >= 0.6 is 11.6 Å². The molecule has 1 unspecified atom stereocenters. The number of anilines is 1. The highest BCUT2D eigenvalue weighted by Crippen LogP contribution is 2.27. The van der Waals surface area contributed by atoms with Crippen molar-refractivity contribution >= 4 is 39.2 Å². The summed E-state index contributed by atoms with van der Waals surface area (Å²) in [7, 11) is 0. The number of imidazole rings is 1. The quantitative estimate of drug-likeness (QED) is 0.562. The number of H-pyrrole nitrogens is 1. The fourth-order valence-electron chi connectivity index (χ4n) is 2.73. The van der Waals surface area contributed by atoms with Crippen molar-refractivity contribution in [1.29, 1.82) is 0 Å². The summed E-state index contributed by atoms with van der Waals surface area (Å²) in [5, 5.41) is 5.23. The normalized spacial score (nSPS) is 12.6. The smallest absolute Gasteiger partial charge is 0.129 e. The van der Waals surface area contributed by atoms with Gasteiger partial charge >= 0.3 is 0 Å². The van der Waals surface area contributed by atoms with E-state index in [1.54, 1.807) is 6.20 Å². The molecule has 0 aliphatic carbocycles. The fourth-order valence-corrected chi connectivity index (χ4v) is 2.89. The Morgan fingerprint density at radius 2 is 1.96 bits per heavy atom. The van der Waals surface area contributed by atoms with E-state index in [9.17, 15) is 0 Å². The van der Waals surface area contributed by atoms with Crippen LogP contribution in [0.15, 0.2) is 54.7 Å². The lowest BCUT2D eigenvalue weighted by Crippen LogP contribution is -2.08. The molecule has 1 atom stereocenters. The predicted octanol–water partition coefficient (Wildman–Crippen LogP) is 4.94. The van der Waals surface area contributed by atoms with E-state index in [1.165, 1.54) is 0 Å². The van der Waals surface area contributed by atoms with Gasteiger partial charge in [-0.2, -0.15) is 0 Å². The number of benzene rings is 2. The lowest BCUT2D eigenvalue weighted by atomic mass is 10.1. The first-order chi connectivity index (χ1) is 11.2. The molecule has 2 aromatic heterocycles. The number of aromatic amines is 1. The SMILES string of the molecule is CC(Nc1ccnc2cc(Cl)ccc12)c1nc2ccccc2[nH]1. The number of para-hydroxylation sites is 2. The molecule has 0 aliphatic heterocycles. The van der Waals surface area contributed by atoms with Crippen molar-refractivity contribution in [1.82, 2.24) is 15.0 Å². The van der Waals surface area contributed by atoms with Gasteiger partial charge in [0.15, 0.2) is 0 Å². The average Bonchev–Trinajstić information content (AvgIpc) is 2.99. The van der Waals surface area contributed by atoms with Crippen LogP contribution in [0.5, 0.6) is 0 Å². The topological polar surface area (TPSA) is 53.6 Å². The Hall–Kier alpha value is -2.59. The molecule has 0 amide bonds. The van der Waals surface area contributed by atoms with Gasteiger partial charge in [-0.15, -0.1) is 0 Å². The van der Waals surface area contributed by atoms with E-state index in [0.29, 0.717) is 5.02 Å². The first-order valence-corrected chi connectivity index (χ1v) is 7.84. The molecule has 0 bridgehead atoms. The molecule has 0 aliphatic rings. The van der Waals surface area contributed by atoms with E-state index < -0.39 is 0 Å². The molecule has 2 heterocycles. The molecular formula is C18H15ClN4. The minimum atomic E-state index is 0.0451. The average molecular weight is 323 g/mol. The maximum absolute atomic E-state index is 6.04. The zero-order valence-corrected chi connectivity index (χ0v) is 13.3. The molecule has 4 nitrogen and oxygen atoms in total. The second kappa shape index (κ2) is 5.56. The van der Waals surface area contributed by atoms with E-state index in [4.69, 9.17) is 11.6 Å². The largest absolute Gasteiger partial charge is 0.375 e. The lowest BCUT2D eigenvalue weighted by Gasteiger charge is -2.14. The van der Waals surface area contributed by atoms with Crippen molar-refractivity contribution in [3.05, 3.63) is 65.6 Å². The highest BCUT2D eigenvalue weighted by Gasteiger charge is 2.12. The van der Waals surface area contributed by atoms with E-state index in [2.05, 4.69) is 27.2 Å². The summed E-state index contributed by atoms with van der Waals surface area (Å²) in [6, 6.07) is 15.8. The van der Waals surface area contributed by atoms with Crippen LogP contribution in [0.1, 0.15) is 18.8 Å². The van der Waals surface area contributed by atoms with Gasteiger partial charge in [-0.1, -0.05) is 23.7 Å². The van der Waals surface area contributed by atoms with E-state index in [-0.39, 0.29) is 6.04 Å². The van der Waals surface area contributed by atoms with E-state index in [1.807, 2.05) is 48.5 Å². The summed E-state index contributed by atoms with van der Waals surface area (Å²) >= 11 is 6.04. The molecule has 0 saturated carbocycles. The van der Waals surface area contributed by atoms with Crippen molar-refractivity contribution in [2.75, 3.05) is 5.32 Å². The molecular weight excluding hydrogens is 308 g/mol. The van der Waals surface area contributed by atoms with Crippen molar-refractivity contribution in [2.24, 2.45) is 0 Å². The third-order valence-electron chi connectivity index (χ3n) is 3.89. The highest BCUT2D eigenvalue weighted by atomic mass is 35.5. The number of nitrogens with one attached hydrogen (secondary N) is 2. The Balaban J connectivity index is 1.69. The summed E-state index contributed by atoms with van der Waals surface area (Å²) in [6.07, 6.45) is 1.78. The van der Waals surface area contributed by atoms with Crippen LogP contribution in [0.3, 0.4) is 0 Å². The van der Waals surface area contributed by atoms with Gasteiger partial charge in [0.05, 0.1) is 22.6 Å². The van der Waals surface area contributed by atoms with Crippen molar-refractivity contribution in [2.45, 2.75) is 13.0 Å². The minimum absolute atomic E-state index is 0.0451. The van der Waals surface area contributed by atoms with Crippen molar-refractivity contribution < 1.29 is 0 Å². The Bertz CT molecular complexity index is 960. The van der Waals surface area contributed by atoms with E-state index >= 15 is 0 Å². The molecule has 114 valence electrons. The number of aromatic nitrogens is 3. The number of halogens is 1. The molecule has 4 aromatic rings. The summed E-state index contributed by atoms with van der Waals surface area (Å²) < 4.78 is 0. The van der Waals surface area contributed by atoms with Crippen LogP contribution in [0, 0.1) is 0 Å². The van der Waals surface area contributed by atoms with Crippen LogP contribution in [0.4, 0.5) is 5.69 Å². The van der Waals surface area contributed by atoms with Crippen LogP contribution in [-0.2, 0) is 0 Å². The summed E-state index contributed by atoms with van der Waals surface area (Å²) in [6.45, 7) is 2.08. The van der Waals surface area contributed by atoms with Gasteiger partial charge in [0.1, 0.15) is 5.82 Å². The zero-order chi connectivity index (χ0) is 15.8. The van der Waals surface area contributed by atoms with Gasteiger partial charge in [0.25, 0.3) is 0 Å². The van der Waals surface area contributed by atoms with Crippen LogP contribution in [-0.4, -0.2) is 15.0 Å². The van der Waals surface area contributed by atoms with Gasteiger partial charge in [-0.25, -0.2) is 4.98 Å². The van der Waals surface area contributed by atoms with Gasteiger partial charge in [-0.3, -0.25) is 4.98 Å². The molecule has 4 rings (SSSR count). The van der Waals surface area contributed by atoms with Gasteiger partial charge < -0.3 is 10.3 Å². The Morgan fingerprint density at radius 1 is 1.09 bits per heavy atom. The number of hydrogen-bond donors (Lipinski definition) is 2. The molecule has 0 radical (unpaired) electrons. The molecule has 5 heteroatoms. The lowest BCUT2D eigenvalue weighted by molar-refractivity contribution is 0.816. The molecule has 2 N–H and O–H groups in total. The van der Waals surface area contributed by atoms with Gasteiger partial charge in [-0.05, 0) is 43.3 Å². The van der Waals surface area contributed by atoms with Crippen LogP contribution in [0.25, 0.3) is 21.9 Å². The number of rotatable bonds is 3. The second-order valence-electron chi connectivity index (χ2n) is 5.53. The number of nitrogens with zero attached hydrogens (tertiary/aromatic N) is 2. The highest BCUT2D eigenvalue weighted by molar-refractivity contribution is 6.31. The van der Waals surface area contributed by atoms with Gasteiger partial charge in [0.2, 0.25) is 0 Å². The maximum atomic E-state index is 6.04. The molecule has 23 heavy (non-hydrogen) atoms. The summed E-state index contributed by atoms with van der Waals surface area (Å²) in [4.78, 5) is 12.4. The predicted molar refractivity (Wildman–Crippen MR) is 94.9 cm³/mol. The van der Waals surface area contributed by atoms with Crippen molar-refractivity contribution in [3.63, 3.8) is 0 Å². The molecule has 2 aromatic carbocycles. The molecule has 0 spiro atoms. The third-order valence-corrected chi connectivity index (χ3v) is 4.13. The van der Waals surface area contributed by atoms with E-state index in [0.717, 1.165) is 33.4 Å². The number of pyridine rings is 1. The number of fused-ring (bicyclic) bond motifs is 2. The van der Waals surface area contributed by atoms with Crippen LogP contribution in [0.2, 0.25) is 5.02 Å². The summed E-state index contributed by atoms with van der Waals surface area (Å²) in [5.41, 5.74) is 3.91. The second-order valence-corrected chi connectivity index (χ2v) is 5.96. The zero-order valence-electron chi connectivity index (χ0n) is 12.5. The monoisotopic (exact) mass is 322 g/mol. The van der Waals surface area contributed by atoms with Gasteiger partial charge in [0, 0.05) is 22.3 Å². The minimum Gasteiger partial charge on any atom is -0.375 e. The standard InChI is InChI=1S/C18H15ClN4/c1-11(18-22-15-4-2-3-5-16(15)23-18)21-14-8-9-20-17-10-12(19)6-7-13(14)17/h2-11H,1H3,(H,20,21)(H,22,23). The first-order valence-electron chi connectivity index (χ1n) is 7.46. The maximum Gasteiger partial charge on any atom is 0.129 e. The van der Waals surface area contributed by atoms with Crippen LogP contribution < -0.4 is 5.32 Å². The van der Waals surface area contributed by atoms with Crippen molar-refractivity contribution in [3.8, 4) is 0 Å². The fraction of sp³-hybridized carbons (Fsp3) is 0.111. The number of hydrogen-bond acceptors (Lipinski definition) is 3.